The lowest BCUT2D eigenvalue weighted by molar-refractivity contribution is 0.600. The number of para-hydroxylation sites is 2. The van der Waals surface area contributed by atoms with E-state index in [4.69, 9.17) is 0 Å². The number of benzene rings is 2. The second kappa shape index (κ2) is 6.30. The average molecular weight is 367 g/mol. The van der Waals surface area contributed by atoms with Gasteiger partial charge in [-0.2, -0.15) is 5.10 Å². The molecule has 0 saturated heterocycles. The summed E-state index contributed by atoms with van der Waals surface area (Å²) in [4.78, 5) is 7.35. The van der Waals surface area contributed by atoms with E-state index in [0.717, 1.165) is 11.1 Å². The molecule has 0 fully saturated rings. The maximum Gasteiger partial charge on any atom is 0.267 e. The summed E-state index contributed by atoms with van der Waals surface area (Å²) in [6.07, 6.45) is 1.54. The molecule has 0 bridgehead atoms. The van der Waals surface area contributed by atoms with Gasteiger partial charge in [-0.15, -0.1) is 0 Å². The van der Waals surface area contributed by atoms with E-state index in [9.17, 15) is 8.42 Å². The number of aromatic amines is 1. The second-order valence-electron chi connectivity index (χ2n) is 5.97. The number of H-pyrrole nitrogens is 1. The zero-order valence-electron chi connectivity index (χ0n) is 14.0. The van der Waals surface area contributed by atoms with E-state index in [1.165, 1.54) is 6.20 Å². The van der Waals surface area contributed by atoms with Crippen LogP contribution in [-0.4, -0.2) is 28.2 Å². The Hall–Kier alpha value is -3.13. The highest BCUT2D eigenvalue weighted by atomic mass is 32.2. The van der Waals surface area contributed by atoms with E-state index in [0.29, 0.717) is 17.8 Å². The number of aromatic nitrogens is 4. The lowest BCUT2D eigenvalue weighted by Crippen LogP contribution is -2.14. The lowest BCUT2D eigenvalue weighted by atomic mass is 10.2. The van der Waals surface area contributed by atoms with E-state index >= 15 is 0 Å². The van der Waals surface area contributed by atoms with Crippen molar-refractivity contribution in [2.24, 2.45) is 0 Å². The molecule has 4 rings (SSSR count). The number of sulfonamides is 1. The Labute approximate surface area is 150 Å². The van der Waals surface area contributed by atoms with Crippen molar-refractivity contribution in [2.75, 3.05) is 4.72 Å². The third-order valence-corrected chi connectivity index (χ3v) is 5.44. The summed E-state index contributed by atoms with van der Waals surface area (Å²) in [6.45, 7) is 2.18. The van der Waals surface area contributed by atoms with Crippen molar-refractivity contribution in [3.05, 3.63) is 72.1 Å². The predicted molar refractivity (Wildman–Crippen MR) is 99.4 cm³/mol. The third-order valence-electron chi connectivity index (χ3n) is 4.00. The summed E-state index contributed by atoms with van der Waals surface area (Å²) in [5, 5.41) is 4.32. The van der Waals surface area contributed by atoms with E-state index in [2.05, 4.69) is 19.8 Å². The Morgan fingerprint density at radius 3 is 2.58 bits per heavy atom. The molecule has 0 aliphatic heterocycles. The summed E-state index contributed by atoms with van der Waals surface area (Å²) in [6, 6.07) is 17.1. The SMILES string of the molecule is Cc1nn(Cc2ccccc2)cc1S(=O)(=O)Nc1nc2ccccc2[nH]1. The first-order valence-electron chi connectivity index (χ1n) is 8.07. The van der Waals surface area contributed by atoms with Crippen LogP contribution in [-0.2, 0) is 16.6 Å². The molecule has 0 atom stereocenters. The summed E-state index contributed by atoms with van der Waals surface area (Å²) in [5.74, 6) is 0.182. The summed E-state index contributed by atoms with van der Waals surface area (Å²) in [7, 11) is -3.79. The minimum absolute atomic E-state index is 0.133. The number of anilines is 1. The van der Waals surface area contributed by atoms with E-state index in [1.54, 1.807) is 11.6 Å². The quantitative estimate of drug-likeness (QED) is 0.567. The van der Waals surface area contributed by atoms with Crippen LogP contribution in [0.4, 0.5) is 5.95 Å². The highest BCUT2D eigenvalue weighted by Crippen LogP contribution is 2.20. The van der Waals surface area contributed by atoms with Crippen LogP contribution < -0.4 is 4.72 Å². The molecule has 132 valence electrons. The Morgan fingerprint density at radius 1 is 1.08 bits per heavy atom. The molecule has 0 aliphatic rings. The highest BCUT2D eigenvalue weighted by Gasteiger charge is 2.22. The van der Waals surface area contributed by atoms with Gasteiger partial charge in [0, 0.05) is 6.20 Å². The minimum atomic E-state index is -3.79. The molecule has 2 aromatic carbocycles. The van der Waals surface area contributed by atoms with Gasteiger partial charge < -0.3 is 4.98 Å². The van der Waals surface area contributed by atoms with Crippen molar-refractivity contribution < 1.29 is 8.42 Å². The summed E-state index contributed by atoms with van der Waals surface area (Å²) < 4.78 is 29.6. The molecule has 7 nitrogen and oxygen atoms in total. The zero-order chi connectivity index (χ0) is 18.1. The van der Waals surface area contributed by atoms with Crippen molar-refractivity contribution in [1.82, 2.24) is 19.7 Å². The van der Waals surface area contributed by atoms with Crippen molar-refractivity contribution in [3.63, 3.8) is 0 Å². The van der Waals surface area contributed by atoms with Crippen molar-refractivity contribution >= 4 is 27.0 Å². The molecule has 2 aromatic heterocycles. The van der Waals surface area contributed by atoms with Crippen LogP contribution in [0.3, 0.4) is 0 Å². The number of hydrogen-bond donors (Lipinski definition) is 2. The molecule has 2 heterocycles. The summed E-state index contributed by atoms with van der Waals surface area (Å²) >= 11 is 0. The molecule has 2 N–H and O–H groups in total. The predicted octanol–water partition coefficient (Wildman–Crippen LogP) is 2.92. The van der Waals surface area contributed by atoms with Gasteiger partial charge in [-0.25, -0.2) is 18.1 Å². The molecule has 0 aliphatic carbocycles. The van der Waals surface area contributed by atoms with Gasteiger partial charge in [0.25, 0.3) is 10.0 Å². The Kier molecular flexibility index (Phi) is 3.96. The molecule has 26 heavy (non-hydrogen) atoms. The number of fused-ring (bicyclic) bond motifs is 1. The molecular weight excluding hydrogens is 350 g/mol. The maximum absolute atomic E-state index is 12.7. The van der Waals surface area contributed by atoms with Gasteiger partial charge in [-0.1, -0.05) is 42.5 Å². The van der Waals surface area contributed by atoms with Gasteiger partial charge in [0.1, 0.15) is 4.90 Å². The van der Waals surface area contributed by atoms with Gasteiger partial charge >= 0.3 is 0 Å². The van der Waals surface area contributed by atoms with Gasteiger partial charge in [-0.3, -0.25) is 4.68 Å². The van der Waals surface area contributed by atoms with Gasteiger partial charge in [0.05, 0.1) is 23.3 Å². The Bertz CT molecular complexity index is 1130. The zero-order valence-corrected chi connectivity index (χ0v) is 14.9. The van der Waals surface area contributed by atoms with Gasteiger partial charge in [-0.05, 0) is 24.6 Å². The standard InChI is InChI=1S/C18H17N5O2S/c1-13-17(12-23(21-13)11-14-7-3-2-4-8-14)26(24,25)22-18-19-15-9-5-6-10-16(15)20-18/h2-10,12H,11H2,1H3,(H2,19,20,22). The molecule has 0 amide bonds. The first-order chi connectivity index (χ1) is 12.5. The van der Waals surface area contributed by atoms with Gasteiger partial charge in [0.2, 0.25) is 5.95 Å². The Balaban J connectivity index is 1.61. The first-order valence-corrected chi connectivity index (χ1v) is 9.55. The normalized spacial score (nSPS) is 11.7. The topological polar surface area (TPSA) is 92.7 Å². The van der Waals surface area contributed by atoms with Crippen LogP contribution in [0.15, 0.2) is 65.7 Å². The first kappa shape index (κ1) is 16.3. The fourth-order valence-corrected chi connectivity index (χ4v) is 3.95. The monoisotopic (exact) mass is 367 g/mol. The third kappa shape index (κ3) is 3.18. The smallest absolute Gasteiger partial charge is 0.267 e. The fourth-order valence-electron chi connectivity index (χ4n) is 2.80. The van der Waals surface area contributed by atoms with Gasteiger partial charge in [0.15, 0.2) is 0 Å². The fraction of sp³-hybridized carbons (Fsp3) is 0.111. The number of hydrogen-bond acceptors (Lipinski definition) is 4. The molecule has 0 saturated carbocycles. The number of nitrogens with zero attached hydrogens (tertiary/aromatic N) is 3. The van der Waals surface area contributed by atoms with E-state index in [-0.39, 0.29) is 10.8 Å². The number of rotatable bonds is 5. The summed E-state index contributed by atoms with van der Waals surface area (Å²) in [5.41, 5.74) is 2.94. The van der Waals surface area contributed by atoms with Crippen molar-refractivity contribution in [3.8, 4) is 0 Å². The average Bonchev–Trinajstić information content (AvgIpc) is 3.18. The molecule has 0 unspecified atom stereocenters. The van der Waals surface area contributed by atoms with Crippen LogP contribution in [0, 0.1) is 6.92 Å². The van der Waals surface area contributed by atoms with Crippen LogP contribution in [0.25, 0.3) is 11.0 Å². The number of imidazole rings is 1. The van der Waals surface area contributed by atoms with Crippen LogP contribution in [0.2, 0.25) is 0 Å². The van der Waals surface area contributed by atoms with Crippen LogP contribution in [0.5, 0.6) is 0 Å². The lowest BCUT2D eigenvalue weighted by Gasteiger charge is -2.03. The van der Waals surface area contributed by atoms with Crippen molar-refractivity contribution in [2.45, 2.75) is 18.4 Å². The van der Waals surface area contributed by atoms with E-state index < -0.39 is 10.0 Å². The van der Waals surface area contributed by atoms with Crippen LogP contribution >= 0.6 is 0 Å². The van der Waals surface area contributed by atoms with Crippen LogP contribution in [0.1, 0.15) is 11.3 Å². The van der Waals surface area contributed by atoms with Crippen molar-refractivity contribution in [1.29, 1.82) is 0 Å². The maximum atomic E-state index is 12.7. The Morgan fingerprint density at radius 2 is 1.81 bits per heavy atom. The molecular formula is C18H17N5O2S. The molecule has 4 aromatic rings. The number of nitrogens with one attached hydrogen (secondary N) is 2. The second-order valence-corrected chi connectivity index (χ2v) is 7.62. The minimum Gasteiger partial charge on any atom is -0.323 e. The van der Waals surface area contributed by atoms with E-state index in [1.807, 2.05) is 54.6 Å². The molecule has 0 spiro atoms. The number of aryl methyl sites for hydroxylation is 1. The highest BCUT2D eigenvalue weighted by molar-refractivity contribution is 7.92. The molecule has 0 radical (unpaired) electrons. The largest absolute Gasteiger partial charge is 0.323 e. The molecule has 8 heteroatoms.